The maximum absolute atomic E-state index is 12.1. The number of pyridine rings is 1. The Hall–Kier alpha value is -2.18. The van der Waals surface area contributed by atoms with Gasteiger partial charge in [-0.3, -0.25) is 9.78 Å². The monoisotopic (exact) mass is 341 g/mol. The highest BCUT2D eigenvalue weighted by Crippen LogP contribution is 2.24. The first kappa shape index (κ1) is 15.7. The van der Waals surface area contributed by atoms with Crippen LogP contribution < -0.4 is 5.32 Å². The van der Waals surface area contributed by atoms with Crippen LogP contribution in [0.1, 0.15) is 5.56 Å². The fraction of sp³-hybridized carbons (Fsp3) is 0.118. The molecule has 3 aromatic rings. The second-order valence-electron chi connectivity index (χ2n) is 4.85. The van der Waals surface area contributed by atoms with Gasteiger partial charge in [0.15, 0.2) is 5.13 Å². The molecule has 0 fully saturated rings. The predicted octanol–water partition coefficient (Wildman–Crippen LogP) is 4.11. The van der Waals surface area contributed by atoms with Crippen LogP contribution in [0.2, 0.25) is 0 Å². The standard InChI is InChI=1S/C17H15N3OS2/c1-22-14-6-4-12(5-7-14)9-16(21)20-17-19-15(11-23-17)13-3-2-8-18-10-13/h2-8,10-11H,9H2,1H3,(H,19,20,21). The van der Waals surface area contributed by atoms with Crippen LogP contribution in [0.3, 0.4) is 0 Å². The number of thiazole rings is 1. The lowest BCUT2D eigenvalue weighted by atomic mass is 10.1. The van der Waals surface area contributed by atoms with Crippen molar-refractivity contribution in [3.05, 3.63) is 59.7 Å². The third kappa shape index (κ3) is 4.18. The van der Waals surface area contributed by atoms with Gasteiger partial charge in [-0.15, -0.1) is 23.1 Å². The molecule has 1 aromatic carbocycles. The Labute approximate surface area is 143 Å². The molecule has 0 aliphatic heterocycles. The van der Waals surface area contributed by atoms with E-state index >= 15 is 0 Å². The molecule has 1 N–H and O–H groups in total. The van der Waals surface area contributed by atoms with Gasteiger partial charge in [-0.1, -0.05) is 12.1 Å². The van der Waals surface area contributed by atoms with Crippen molar-refractivity contribution in [1.29, 1.82) is 0 Å². The highest BCUT2D eigenvalue weighted by molar-refractivity contribution is 7.98. The van der Waals surface area contributed by atoms with E-state index in [1.807, 2.05) is 48.0 Å². The maximum Gasteiger partial charge on any atom is 0.230 e. The molecule has 6 heteroatoms. The topological polar surface area (TPSA) is 54.9 Å². The third-order valence-electron chi connectivity index (χ3n) is 3.23. The van der Waals surface area contributed by atoms with E-state index in [4.69, 9.17) is 0 Å². The number of aromatic nitrogens is 2. The fourth-order valence-corrected chi connectivity index (χ4v) is 3.21. The number of hydrogen-bond donors (Lipinski definition) is 1. The Morgan fingerprint density at radius 2 is 2.09 bits per heavy atom. The molecular formula is C17H15N3OS2. The van der Waals surface area contributed by atoms with Crippen LogP contribution in [0.4, 0.5) is 5.13 Å². The lowest BCUT2D eigenvalue weighted by molar-refractivity contribution is -0.115. The number of benzene rings is 1. The SMILES string of the molecule is CSc1ccc(CC(=O)Nc2nc(-c3cccnc3)cs2)cc1. The Morgan fingerprint density at radius 3 is 2.78 bits per heavy atom. The van der Waals surface area contributed by atoms with Gasteiger partial charge in [-0.05, 0) is 36.1 Å². The molecule has 116 valence electrons. The first-order valence-corrected chi connectivity index (χ1v) is 9.14. The minimum atomic E-state index is -0.0611. The van der Waals surface area contributed by atoms with Crippen molar-refractivity contribution in [2.75, 3.05) is 11.6 Å². The zero-order valence-corrected chi connectivity index (χ0v) is 14.2. The van der Waals surface area contributed by atoms with Crippen molar-refractivity contribution in [2.24, 2.45) is 0 Å². The van der Waals surface area contributed by atoms with Gasteiger partial charge in [-0.25, -0.2) is 4.98 Å². The van der Waals surface area contributed by atoms with Gasteiger partial charge in [0.2, 0.25) is 5.91 Å². The molecule has 0 spiro atoms. The van der Waals surface area contributed by atoms with Crippen LogP contribution in [0.5, 0.6) is 0 Å². The Balaban J connectivity index is 1.63. The molecule has 0 aliphatic carbocycles. The number of amides is 1. The molecule has 0 aliphatic rings. The number of anilines is 1. The third-order valence-corrected chi connectivity index (χ3v) is 4.73. The van der Waals surface area contributed by atoms with Crippen LogP contribution in [0.25, 0.3) is 11.3 Å². The average Bonchev–Trinajstić information content (AvgIpc) is 3.04. The van der Waals surface area contributed by atoms with Gasteiger partial charge in [0, 0.05) is 28.2 Å². The van der Waals surface area contributed by atoms with Gasteiger partial charge >= 0.3 is 0 Å². The highest BCUT2D eigenvalue weighted by Gasteiger charge is 2.09. The summed E-state index contributed by atoms with van der Waals surface area (Å²) >= 11 is 3.10. The number of rotatable bonds is 5. The van der Waals surface area contributed by atoms with Crippen LogP contribution in [0, 0.1) is 0 Å². The molecule has 4 nitrogen and oxygen atoms in total. The van der Waals surface area contributed by atoms with Crippen LogP contribution in [-0.2, 0) is 11.2 Å². The molecule has 23 heavy (non-hydrogen) atoms. The minimum Gasteiger partial charge on any atom is -0.302 e. The van der Waals surface area contributed by atoms with Gasteiger partial charge in [0.05, 0.1) is 12.1 Å². The van der Waals surface area contributed by atoms with Gasteiger partial charge in [0.25, 0.3) is 0 Å². The van der Waals surface area contributed by atoms with Crippen molar-refractivity contribution < 1.29 is 4.79 Å². The van der Waals surface area contributed by atoms with E-state index in [2.05, 4.69) is 15.3 Å². The first-order chi connectivity index (χ1) is 11.2. The molecular weight excluding hydrogens is 326 g/mol. The van der Waals surface area contributed by atoms with Crippen LogP contribution in [0.15, 0.2) is 59.1 Å². The summed E-state index contributed by atoms with van der Waals surface area (Å²) in [6.45, 7) is 0. The lowest BCUT2D eigenvalue weighted by Gasteiger charge is -2.03. The number of nitrogens with zero attached hydrogens (tertiary/aromatic N) is 2. The molecule has 1 amide bonds. The van der Waals surface area contributed by atoms with Gasteiger partial charge in [0.1, 0.15) is 0 Å². The quantitative estimate of drug-likeness (QED) is 0.710. The number of thioether (sulfide) groups is 1. The fourth-order valence-electron chi connectivity index (χ4n) is 2.07. The number of carbonyl (C=O) groups excluding carboxylic acids is 1. The van der Waals surface area contributed by atoms with Crippen molar-refractivity contribution in [3.8, 4) is 11.3 Å². The summed E-state index contributed by atoms with van der Waals surface area (Å²) in [6.07, 6.45) is 5.86. The summed E-state index contributed by atoms with van der Waals surface area (Å²) in [5.74, 6) is -0.0611. The smallest absolute Gasteiger partial charge is 0.230 e. The maximum atomic E-state index is 12.1. The summed E-state index contributed by atoms with van der Waals surface area (Å²) in [7, 11) is 0. The average molecular weight is 341 g/mol. The molecule has 2 aromatic heterocycles. The van der Waals surface area contributed by atoms with Crippen molar-refractivity contribution in [3.63, 3.8) is 0 Å². The molecule has 2 heterocycles. The van der Waals surface area contributed by atoms with Crippen LogP contribution >= 0.6 is 23.1 Å². The number of carbonyl (C=O) groups is 1. The van der Waals surface area contributed by atoms with E-state index in [-0.39, 0.29) is 5.91 Å². The van der Waals surface area contributed by atoms with E-state index in [1.54, 1.807) is 24.2 Å². The lowest BCUT2D eigenvalue weighted by Crippen LogP contribution is -2.14. The van der Waals surface area contributed by atoms with E-state index in [0.717, 1.165) is 16.8 Å². The Kier molecular flexibility index (Phi) is 5.05. The Morgan fingerprint density at radius 1 is 1.26 bits per heavy atom. The van der Waals surface area contributed by atoms with Gasteiger partial charge < -0.3 is 5.32 Å². The summed E-state index contributed by atoms with van der Waals surface area (Å²) < 4.78 is 0. The molecule has 0 bridgehead atoms. The van der Waals surface area contributed by atoms with Crippen molar-refractivity contribution in [2.45, 2.75) is 11.3 Å². The number of nitrogens with one attached hydrogen (secondary N) is 1. The largest absolute Gasteiger partial charge is 0.302 e. The zero-order chi connectivity index (χ0) is 16.1. The van der Waals surface area contributed by atoms with E-state index in [9.17, 15) is 4.79 Å². The summed E-state index contributed by atoms with van der Waals surface area (Å²) in [5.41, 5.74) is 2.75. The van der Waals surface area contributed by atoms with Crippen LogP contribution in [-0.4, -0.2) is 22.1 Å². The Bertz CT molecular complexity index is 785. The molecule has 0 atom stereocenters. The van der Waals surface area contributed by atoms with E-state index in [0.29, 0.717) is 11.6 Å². The van der Waals surface area contributed by atoms with Crippen molar-refractivity contribution >= 4 is 34.1 Å². The number of hydrogen-bond acceptors (Lipinski definition) is 5. The van der Waals surface area contributed by atoms with E-state index < -0.39 is 0 Å². The highest BCUT2D eigenvalue weighted by atomic mass is 32.2. The molecule has 3 rings (SSSR count). The second kappa shape index (κ2) is 7.39. The minimum absolute atomic E-state index is 0.0611. The molecule has 0 saturated heterocycles. The molecule has 0 unspecified atom stereocenters. The molecule has 0 radical (unpaired) electrons. The predicted molar refractivity (Wildman–Crippen MR) is 95.9 cm³/mol. The zero-order valence-electron chi connectivity index (χ0n) is 12.5. The normalized spacial score (nSPS) is 10.5. The summed E-state index contributed by atoms with van der Waals surface area (Å²) in [4.78, 5) is 21.8. The first-order valence-electron chi connectivity index (χ1n) is 7.03. The van der Waals surface area contributed by atoms with Crippen molar-refractivity contribution in [1.82, 2.24) is 9.97 Å². The summed E-state index contributed by atoms with van der Waals surface area (Å²) in [5, 5.41) is 5.37. The van der Waals surface area contributed by atoms with Gasteiger partial charge in [-0.2, -0.15) is 0 Å². The second-order valence-corrected chi connectivity index (χ2v) is 6.59. The summed E-state index contributed by atoms with van der Waals surface area (Å²) in [6, 6.07) is 11.8. The van der Waals surface area contributed by atoms with E-state index in [1.165, 1.54) is 16.2 Å². The molecule has 0 saturated carbocycles.